The Morgan fingerprint density at radius 3 is 2.47 bits per heavy atom. The van der Waals surface area contributed by atoms with Crippen LogP contribution >= 0.6 is 0 Å². The van der Waals surface area contributed by atoms with E-state index in [1.165, 1.54) is 12.2 Å². The van der Waals surface area contributed by atoms with Crippen molar-refractivity contribution in [3.63, 3.8) is 0 Å². The zero-order valence-electron chi connectivity index (χ0n) is 9.07. The summed E-state index contributed by atoms with van der Waals surface area (Å²) in [4.78, 5) is 13.7. The lowest BCUT2D eigenvalue weighted by molar-refractivity contribution is -0.125. The summed E-state index contributed by atoms with van der Waals surface area (Å²) in [5.74, 6) is 0.0130. The Hall–Kier alpha value is -1.51. The fourth-order valence-corrected chi connectivity index (χ4v) is 1.59. The molecule has 1 saturated heterocycles. The molecule has 1 heterocycles. The highest BCUT2D eigenvalue weighted by Crippen LogP contribution is 2.13. The average Bonchev–Trinajstić information content (AvgIpc) is 2.77. The molecule has 1 aliphatic heterocycles. The number of aliphatic hydroxyl groups is 1. The van der Waals surface area contributed by atoms with Crippen LogP contribution in [0.1, 0.15) is 19.8 Å². The first-order valence-corrected chi connectivity index (χ1v) is 5.17. The molecule has 1 aliphatic rings. The lowest BCUT2D eigenvalue weighted by atomic mass is 10.2. The molecule has 15 heavy (non-hydrogen) atoms. The van der Waals surface area contributed by atoms with Gasteiger partial charge in [0.1, 0.15) is 5.76 Å². The van der Waals surface area contributed by atoms with Crippen molar-refractivity contribution in [2.24, 2.45) is 0 Å². The monoisotopic (exact) mass is 207 g/mol. The third-order valence-electron chi connectivity index (χ3n) is 2.46. The Morgan fingerprint density at radius 1 is 1.40 bits per heavy atom. The maximum Gasteiger partial charge on any atom is 0.253 e. The van der Waals surface area contributed by atoms with Crippen molar-refractivity contribution >= 4 is 5.91 Å². The van der Waals surface area contributed by atoms with Gasteiger partial charge in [0.2, 0.25) is 0 Å². The van der Waals surface area contributed by atoms with Crippen molar-refractivity contribution in [2.45, 2.75) is 19.8 Å². The van der Waals surface area contributed by atoms with Gasteiger partial charge in [-0.15, -0.1) is 0 Å². The largest absolute Gasteiger partial charge is 0.508 e. The first kappa shape index (κ1) is 11.6. The van der Waals surface area contributed by atoms with Gasteiger partial charge in [0.05, 0.1) is 0 Å². The number of carbonyl (C=O) groups excluding carboxylic acids is 1. The maximum absolute atomic E-state index is 11.9. The lowest BCUT2D eigenvalue weighted by Crippen LogP contribution is -2.28. The van der Waals surface area contributed by atoms with E-state index < -0.39 is 0 Å². The van der Waals surface area contributed by atoms with Gasteiger partial charge in [-0.2, -0.15) is 0 Å². The quantitative estimate of drug-likeness (QED) is 0.438. The van der Waals surface area contributed by atoms with Gasteiger partial charge in [-0.3, -0.25) is 4.79 Å². The van der Waals surface area contributed by atoms with Crippen LogP contribution < -0.4 is 0 Å². The first-order chi connectivity index (χ1) is 7.19. The van der Waals surface area contributed by atoms with E-state index >= 15 is 0 Å². The smallest absolute Gasteiger partial charge is 0.253 e. The number of aliphatic hydroxyl groups excluding tert-OH is 1. The maximum atomic E-state index is 11.9. The van der Waals surface area contributed by atoms with E-state index in [-0.39, 0.29) is 11.7 Å². The molecule has 1 rings (SSSR count). The fraction of sp³-hybridized carbons (Fsp3) is 0.417. The Morgan fingerprint density at radius 2 is 2.00 bits per heavy atom. The molecular formula is C12H17NO2. The minimum absolute atomic E-state index is 0.0107. The summed E-state index contributed by atoms with van der Waals surface area (Å²) in [6, 6.07) is 0. The topological polar surface area (TPSA) is 40.5 Å². The second kappa shape index (κ2) is 5.39. The number of allylic oxidation sites excluding steroid dienone is 2. The molecule has 0 atom stereocenters. The van der Waals surface area contributed by atoms with Gasteiger partial charge in [0.15, 0.2) is 0 Å². The minimum atomic E-state index is -0.0107. The Kier molecular flexibility index (Phi) is 4.16. The SMILES string of the molecule is C=C/C(O)=C\C(=C/C)C(=O)N1CCCC1. The van der Waals surface area contributed by atoms with Gasteiger partial charge in [-0.1, -0.05) is 12.7 Å². The summed E-state index contributed by atoms with van der Waals surface area (Å²) >= 11 is 0. The summed E-state index contributed by atoms with van der Waals surface area (Å²) in [6.07, 6.45) is 6.62. The number of likely N-dealkylation sites (tertiary alicyclic amines) is 1. The Bertz CT molecular complexity index is 310. The standard InChI is InChI=1S/C12H17NO2/c1-3-10(9-11(14)4-2)12(15)13-7-5-6-8-13/h3-4,9,14H,2,5-8H2,1H3/b10-3+,11-9+. The van der Waals surface area contributed by atoms with Gasteiger partial charge < -0.3 is 10.0 Å². The molecule has 3 heteroatoms. The van der Waals surface area contributed by atoms with Crippen LogP contribution in [0.2, 0.25) is 0 Å². The normalized spacial score (nSPS) is 18.1. The second-order valence-electron chi connectivity index (χ2n) is 3.52. The molecule has 0 aliphatic carbocycles. The van der Waals surface area contributed by atoms with E-state index in [4.69, 9.17) is 0 Å². The van der Waals surface area contributed by atoms with Crippen molar-refractivity contribution < 1.29 is 9.90 Å². The van der Waals surface area contributed by atoms with Gasteiger partial charge in [0.25, 0.3) is 5.91 Å². The molecular weight excluding hydrogens is 190 g/mol. The van der Waals surface area contributed by atoms with E-state index in [9.17, 15) is 9.90 Å². The van der Waals surface area contributed by atoms with Crippen LogP contribution in [0.5, 0.6) is 0 Å². The molecule has 0 spiro atoms. The fourth-order valence-electron chi connectivity index (χ4n) is 1.59. The van der Waals surface area contributed by atoms with Crippen LogP contribution in [0.25, 0.3) is 0 Å². The number of rotatable bonds is 3. The molecule has 1 N–H and O–H groups in total. The summed E-state index contributed by atoms with van der Waals surface area (Å²) in [7, 11) is 0. The highest BCUT2D eigenvalue weighted by molar-refractivity contribution is 5.96. The third kappa shape index (κ3) is 2.98. The van der Waals surface area contributed by atoms with Gasteiger partial charge in [-0.05, 0) is 31.9 Å². The molecule has 0 bridgehead atoms. The van der Waals surface area contributed by atoms with Crippen LogP contribution in [0.4, 0.5) is 0 Å². The molecule has 0 aromatic carbocycles. The van der Waals surface area contributed by atoms with E-state index in [0.29, 0.717) is 5.57 Å². The van der Waals surface area contributed by atoms with Crippen molar-refractivity contribution in [2.75, 3.05) is 13.1 Å². The molecule has 1 amide bonds. The Labute approximate surface area is 90.4 Å². The third-order valence-corrected chi connectivity index (χ3v) is 2.46. The van der Waals surface area contributed by atoms with Crippen molar-refractivity contribution in [1.29, 1.82) is 0 Å². The molecule has 0 radical (unpaired) electrons. The highest BCUT2D eigenvalue weighted by atomic mass is 16.3. The van der Waals surface area contributed by atoms with Crippen LogP contribution in [-0.4, -0.2) is 29.0 Å². The second-order valence-corrected chi connectivity index (χ2v) is 3.52. The molecule has 0 unspecified atom stereocenters. The molecule has 3 nitrogen and oxygen atoms in total. The predicted molar refractivity (Wildman–Crippen MR) is 60.5 cm³/mol. The summed E-state index contributed by atoms with van der Waals surface area (Å²) in [5, 5.41) is 9.28. The summed E-state index contributed by atoms with van der Waals surface area (Å²) < 4.78 is 0. The van der Waals surface area contributed by atoms with Crippen LogP contribution in [-0.2, 0) is 4.79 Å². The average molecular weight is 207 g/mol. The first-order valence-electron chi connectivity index (χ1n) is 5.17. The summed E-state index contributed by atoms with van der Waals surface area (Å²) in [6.45, 7) is 6.86. The molecule has 0 aromatic rings. The zero-order valence-corrected chi connectivity index (χ0v) is 9.07. The number of amides is 1. The minimum Gasteiger partial charge on any atom is -0.508 e. The predicted octanol–water partition coefficient (Wildman–Crippen LogP) is 2.18. The lowest BCUT2D eigenvalue weighted by Gasteiger charge is -2.15. The number of nitrogens with zero attached hydrogens (tertiary/aromatic N) is 1. The van der Waals surface area contributed by atoms with Crippen molar-refractivity contribution in [3.8, 4) is 0 Å². The van der Waals surface area contributed by atoms with Crippen molar-refractivity contribution in [3.05, 3.63) is 36.1 Å². The highest BCUT2D eigenvalue weighted by Gasteiger charge is 2.19. The number of carbonyl (C=O) groups is 1. The zero-order chi connectivity index (χ0) is 11.3. The van der Waals surface area contributed by atoms with E-state index in [0.717, 1.165) is 25.9 Å². The van der Waals surface area contributed by atoms with Crippen LogP contribution in [0.15, 0.2) is 36.1 Å². The van der Waals surface area contributed by atoms with Gasteiger partial charge in [-0.25, -0.2) is 0 Å². The number of hydrogen-bond donors (Lipinski definition) is 1. The molecule has 82 valence electrons. The van der Waals surface area contributed by atoms with E-state index in [1.54, 1.807) is 13.0 Å². The van der Waals surface area contributed by atoms with Crippen LogP contribution in [0, 0.1) is 0 Å². The molecule has 0 aromatic heterocycles. The van der Waals surface area contributed by atoms with E-state index in [2.05, 4.69) is 6.58 Å². The van der Waals surface area contributed by atoms with Gasteiger partial charge >= 0.3 is 0 Å². The molecule has 0 saturated carbocycles. The van der Waals surface area contributed by atoms with Crippen molar-refractivity contribution in [1.82, 2.24) is 4.90 Å². The number of hydrogen-bond acceptors (Lipinski definition) is 2. The van der Waals surface area contributed by atoms with Gasteiger partial charge in [0, 0.05) is 18.7 Å². The van der Waals surface area contributed by atoms with Crippen LogP contribution in [0.3, 0.4) is 0 Å². The van der Waals surface area contributed by atoms with E-state index in [1.807, 2.05) is 4.90 Å². The summed E-state index contributed by atoms with van der Waals surface area (Å²) in [5.41, 5.74) is 0.523. The Balaban J connectivity index is 2.75. The molecule has 1 fully saturated rings.